The van der Waals surface area contributed by atoms with Gasteiger partial charge in [-0.05, 0) is 25.5 Å². The topological polar surface area (TPSA) is 106 Å². The zero-order valence-corrected chi connectivity index (χ0v) is 13.0. The minimum atomic E-state index is -0.394. The molecule has 2 aromatic rings. The van der Waals surface area contributed by atoms with Gasteiger partial charge in [-0.1, -0.05) is 5.16 Å². The number of pyridine rings is 1. The molecular weight excluding hydrogens is 300 g/mol. The van der Waals surface area contributed by atoms with E-state index in [4.69, 9.17) is 9.26 Å². The number of hydrogen-bond acceptors (Lipinski definition) is 6. The predicted octanol–water partition coefficient (Wildman–Crippen LogP) is 1.40. The van der Waals surface area contributed by atoms with Gasteiger partial charge in [-0.3, -0.25) is 14.6 Å². The van der Waals surface area contributed by atoms with Crippen LogP contribution in [0.2, 0.25) is 0 Å². The largest absolute Gasteiger partial charge is 0.385 e. The van der Waals surface area contributed by atoms with Gasteiger partial charge >= 0.3 is 0 Å². The van der Waals surface area contributed by atoms with Crippen LogP contribution in [0.25, 0.3) is 0 Å². The first-order valence-electron chi connectivity index (χ1n) is 7.08. The highest BCUT2D eigenvalue weighted by molar-refractivity contribution is 6.05. The van der Waals surface area contributed by atoms with Crippen LogP contribution in [0, 0.1) is 6.92 Å². The molecular formula is C15H18N4O4. The third-order valence-corrected chi connectivity index (χ3v) is 2.94. The van der Waals surface area contributed by atoms with E-state index in [0.29, 0.717) is 36.7 Å². The quantitative estimate of drug-likeness (QED) is 0.747. The lowest BCUT2D eigenvalue weighted by molar-refractivity contribution is 0.0943. The van der Waals surface area contributed by atoms with E-state index in [1.54, 1.807) is 20.1 Å². The predicted molar refractivity (Wildman–Crippen MR) is 82.3 cm³/mol. The van der Waals surface area contributed by atoms with Crippen molar-refractivity contribution in [3.63, 3.8) is 0 Å². The number of rotatable bonds is 7. The molecule has 0 radical (unpaired) electrons. The van der Waals surface area contributed by atoms with Gasteiger partial charge in [0.15, 0.2) is 5.82 Å². The van der Waals surface area contributed by atoms with Crippen molar-refractivity contribution < 1.29 is 18.8 Å². The second-order valence-electron chi connectivity index (χ2n) is 4.81. The van der Waals surface area contributed by atoms with Gasteiger partial charge in [0.1, 0.15) is 11.5 Å². The number of amides is 2. The number of aromatic nitrogens is 2. The van der Waals surface area contributed by atoms with Crippen LogP contribution < -0.4 is 10.6 Å². The summed E-state index contributed by atoms with van der Waals surface area (Å²) >= 11 is 0. The Balaban J connectivity index is 1.98. The second-order valence-corrected chi connectivity index (χ2v) is 4.81. The molecule has 0 aliphatic heterocycles. The van der Waals surface area contributed by atoms with Gasteiger partial charge in [0.05, 0.1) is 0 Å². The minimum Gasteiger partial charge on any atom is -0.385 e. The Labute approximate surface area is 133 Å². The van der Waals surface area contributed by atoms with Crippen molar-refractivity contribution in [2.24, 2.45) is 0 Å². The Bertz CT molecular complexity index is 684. The molecule has 23 heavy (non-hydrogen) atoms. The monoisotopic (exact) mass is 318 g/mol. The summed E-state index contributed by atoms with van der Waals surface area (Å²) in [4.78, 5) is 28.1. The molecule has 0 aliphatic carbocycles. The number of hydrogen-bond donors (Lipinski definition) is 2. The first kappa shape index (κ1) is 16.6. The van der Waals surface area contributed by atoms with Crippen LogP contribution in [-0.4, -0.2) is 42.2 Å². The molecule has 0 saturated heterocycles. The molecule has 0 aromatic carbocycles. The Morgan fingerprint density at radius 3 is 2.83 bits per heavy atom. The summed E-state index contributed by atoms with van der Waals surface area (Å²) in [6.07, 6.45) is 2.11. The van der Waals surface area contributed by atoms with E-state index in [1.807, 2.05) is 0 Å². The highest BCUT2D eigenvalue weighted by Crippen LogP contribution is 2.10. The Hall–Kier alpha value is -2.74. The fourth-order valence-electron chi connectivity index (χ4n) is 1.82. The summed E-state index contributed by atoms with van der Waals surface area (Å²) in [5.41, 5.74) is 0.481. The number of carbonyl (C=O) groups is 2. The van der Waals surface area contributed by atoms with Crippen molar-refractivity contribution in [2.75, 3.05) is 25.6 Å². The van der Waals surface area contributed by atoms with Crippen LogP contribution in [0.5, 0.6) is 0 Å². The zero-order valence-electron chi connectivity index (χ0n) is 13.0. The Morgan fingerprint density at radius 1 is 1.30 bits per heavy atom. The molecule has 0 aliphatic rings. The summed E-state index contributed by atoms with van der Waals surface area (Å²) in [5, 5.41) is 8.98. The second kappa shape index (κ2) is 8.04. The lowest BCUT2D eigenvalue weighted by Crippen LogP contribution is -2.26. The summed E-state index contributed by atoms with van der Waals surface area (Å²) < 4.78 is 9.78. The van der Waals surface area contributed by atoms with Crippen LogP contribution in [0.15, 0.2) is 28.9 Å². The summed E-state index contributed by atoms with van der Waals surface area (Å²) in [7, 11) is 1.60. The molecule has 0 atom stereocenters. The normalized spacial score (nSPS) is 10.3. The molecule has 2 amide bonds. The lowest BCUT2D eigenvalue weighted by atomic mass is 10.2. The molecule has 0 bridgehead atoms. The van der Waals surface area contributed by atoms with E-state index < -0.39 is 5.91 Å². The number of anilines is 1. The van der Waals surface area contributed by atoms with E-state index in [2.05, 4.69) is 20.8 Å². The number of carbonyl (C=O) groups excluding carboxylic acids is 2. The molecule has 122 valence electrons. The minimum absolute atomic E-state index is 0.173. The van der Waals surface area contributed by atoms with Crippen molar-refractivity contribution >= 4 is 17.6 Å². The van der Waals surface area contributed by atoms with Crippen molar-refractivity contribution in [1.29, 1.82) is 0 Å². The number of aryl methyl sites for hydroxylation is 1. The molecule has 2 rings (SSSR count). The lowest BCUT2D eigenvalue weighted by Gasteiger charge is -2.06. The van der Waals surface area contributed by atoms with Crippen LogP contribution in [0.1, 0.15) is 33.0 Å². The summed E-state index contributed by atoms with van der Waals surface area (Å²) in [5.74, 6) is 0.170. The standard InChI is InChI=1S/C15H18N4O4/c1-10-8-13(19-23-10)18-14(20)11-4-6-16-12(9-11)15(21)17-5-3-7-22-2/h4,6,8-9H,3,5,7H2,1-2H3,(H,17,21)(H,18,19,20). The molecule has 8 heteroatoms. The van der Waals surface area contributed by atoms with E-state index in [-0.39, 0.29) is 11.6 Å². The van der Waals surface area contributed by atoms with Gasteiger partial charge in [-0.25, -0.2) is 0 Å². The number of ether oxygens (including phenoxy) is 1. The van der Waals surface area contributed by atoms with Crippen molar-refractivity contribution in [1.82, 2.24) is 15.5 Å². The molecule has 2 N–H and O–H groups in total. The number of methoxy groups -OCH3 is 1. The summed E-state index contributed by atoms with van der Waals surface area (Å²) in [6, 6.07) is 4.54. The first-order valence-corrected chi connectivity index (χ1v) is 7.08. The first-order chi connectivity index (χ1) is 11.1. The molecule has 2 heterocycles. The van der Waals surface area contributed by atoms with Gasteiger partial charge in [0.25, 0.3) is 11.8 Å². The van der Waals surface area contributed by atoms with Gasteiger partial charge in [0, 0.05) is 38.1 Å². The SMILES string of the molecule is COCCCNC(=O)c1cc(C(=O)Nc2cc(C)on2)ccn1. The van der Waals surface area contributed by atoms with E-state index in [1.165, 1.54) is 18.3 Å². The summed E-state index contributed by atoms with van der Waals surface area (Å²) in [6.45, 7) is 2.76. The van der Waals surface area contributed by atoms with Gasteiger partial charge in [0.2, 0.25) is 0 Å². The van der Waals surface area contributed by atoms with E-state index in [9.17, 15) is 9.59 Å². The maximum absolute atomic E-state index is 12.1. The Kier molecular flexibility index (Phi) is 5.81. The van der Waals surface area contributed by atoms with Crippen LogP contribution in [0.4, 0.5) is 5.82 Å². The smallest absolute Gasteiger partial charge is 0.269 e. The molecule has 0 spiro atoms. The molecule has 2 aromatic heterocycles. The number of nitrogens with zero attached hydrogens (tertiary/aromatic N) is 2. The highest BCUT2D eigenvalue weighted by atomic mass is 16.5. The average molecular weight is 318 g/mol. The average Bonchev–Trinajstić information content (AvgIpc) is 2.96. The van der Waals surface area contributed by atoms with E-state index >= 15 is 0 Å². The van der Waals surface area contributed by atoms with Gasteiger partial charge in [-0.2, -0.15) is 0 Å². The van der Waals surface area contributed by atoms with Crippen molar-refractivity contribution in [2.45, 2.75) is 13.3 Å². The molecule has 0 saturated carbocycles. The maximum Gasteiger partial charge on any atom is 0.269 e. The van der Waals surface area contributed by atoms with Gasteiger partial charge < -0.3 is 19.9 Å². The highest BCUT2D eigenvalue weighted by Gasteiger charge is 2.13. The third-order valence-electron chi connectivity index (χ3n) is 2.94. The van der Waals surface area contributed by atoms with Gasteiger partial charge in [-0.15, -0.1) is 0 Å². The van der Waals surface area contributed by atoms with E-state index in [0.717, 1.165) is 0 Å². The fraction of sp³-hybridized carbons (Fsp3) is 0.333. The van der Waals surface area contributed by atoms with Crippen LogP contribution in [-0.2, 0) is 4.74 Å². The van der Waals surface area contributed by atoms with Crippen molar-refractivity contribution in [3.05, 3.63) is 41.4 Å². The zero-order chi connectivity index (χ0) is 16.7. The maximum atomic E-state index is 12.1. The van der Waals surface area contributed by atoms with Crippen molar-refractivity contribution in [3.8, 4) is 0 Å². The molecule has 0 fully saturated rings. The fourth-order valence-corrected chi connectivity index (χ4v) is 1.82. The molecule has 0 unspecified atom stereocenters. The molecule has 8 nitrogen and oxygen atoms in total. The number of nitrogens with one attached hydrogen (secondary N) is 2. The van der Waals surface area contributed by atoms with Crippen LogP contribution in [0.3, 0.4) is 0 Å². The Morgan fingerprint density at radius 2 is 2.13 bits per heavy atom. The van der Waals surface area contributed by atoms with Crippen LogP contribution >= 0.6 is 0 Å². The third kappa shape index (κ3) is 4.89.